The van der Waals surface area contributed by atoms with Crippen LogP contribution in [0.1, 0.15) is 15.2 Å². The molecule has 0 saturated carbocycles. The average Bonchev–Trinajstić information content (AvgIpc) is 3.43. The molecule has 0 radical (unpaired) electrons. The number of nitrogens with one attached hydrogen (secondary N) is 2. The number of piperazine rings is 1. The van der Waals surface area contributed by atoms with E-state index in [9.17, 15) is 9.59 Å². The molecule has 0 spiro atoms. The first-order valence-corrected chi connectivity index (χ1v) is 10.5. The standard InChI is InChI=1S/C20H24N4O4S/c25-19(15-3-4-17-18(12-15)28-14-27-17)21-5-6-23-7-9-24(10-8-23)20(26)22-13-16-2-1-11-29-16/h1-4,11-12H,5-10,13-14H2,(H,21,25)(H,22,26). The van der Waals surface area contributed by atoms with Crippen molar-refractivity contribution in [2.24, 2.45) is 0 Å². The van der Waals surface area contributed by atoms with Gasteiger partial charge in [0.2, 0.25) is 6.79 Å². The molecule has 9 heteroatoms. The van der Waals surface area contributed by atoms with Gasteiger partial charge in [-0.3, -0.25) is 9.69 Å². The van der Waals surface area contributed by atoms with Crippen LogP contribution in [0.5, 0.6) is 11.5 Å². The third-order valence-corrected chi connectivity index (χ3v) is 5.88. The molecule has 8 nitrogen and oxygen atoms in total. The van der Waals surface area contributed by atoms with E-state index in [1.54, 1.807) is 29.5 Å². The molecule has 3 amide bonds. The third-order valence-electron chi connectivity index (χ3n) is 5.00. The van der Waals surface area contributed by atoms with Gasteiger partial charge in [0.1, 0.15) is 0 Å². The van der Waals surface area contributed by atoms with Gasteiger partial charge in [-0.05, 0) is 29.6 Å². The van der Waals surface area contributed by atoms with Crippen LogP contribution in [0.15, 0.2) is 35.7 Å². The maximum atomic E-state index is 12.3. The summed E-state index contributed by atoms with van der Waals surface area (Å²) in [5.74, 6) is 1.14. The van der Waals surface area contributed by atoms with E-state index >= 15 is 0 Å². The van der Waals surface area contributed by atoms with Crippen molar-refractivity contribution < 1.29 is 19.1 Å². The Balaban J connectivity index is 1.14. The lowest BCUT2D eigenvalue weighted by Crippen LogP contribution is -2.52. The molecule has 1 aromatic heterocycles. The summed E-state index contributed by atoms with van der Waals surface area (Å²) in [4.78, 5) is 29.8. The van der Waals surface area contributed by atoms with Gasteiger partial charge in [-0.1, -0.05) is 6.07 Å². The maximum absolute atomic E-state index is 12.3. The van der Waals surface area contributed by atoms with Gasteiger partial charge >= 0.3 is 6.03 Å². The van der Waals surface area contributed by atoms with E-state index < -0.39 is 0 Å². The normalized spacial score (nSPS) is 15.9. The van der Waals surface area contributed by atoms with Gasteiger partial charge in [0.25, 0.3) is 5.91 Å². The zero-order valence-electron chi connectivity index (χ0n) is 16.1. The fraction of sp³-hybridized carbons (Fsp3) is 0.400. The van der Waals surface area contributed by atoms with E-state index in [1.807, 2.05) is 22.4 Å². The Morgan fingerprint density at radius 1 is 1.03 bits per heavy atom. The highest BCUT2D eigenvalue weighted by Gasteiger charge is 2.21. The van der Waals surface area contributed by atoms with Crippen molar-refractivity contribution in [1.29, 1.82) is 0 Å². The first-order valence-electron chi connectivity index (χ1n) is 9.64. The minimum Gasteiger partial charge on any atom is -0.454 e. The van der Waals surface area contributed by atoms with Crippen molar-refractivity contribution in [3.8, 4) is 11.5 Å². The summed E-state index contributed by atoms with van der Waals surface area (Å²) in [6, 6.07) is 9.16. The monoisotopic (exact) mass is 416 g/mol. The SMILES string of the molecule is O=C(NCCN1CCN(C(=O)NCc2cccs2)CC1)c1ccc2c(c1)OCO2. The number of rotatable bonds is 6. The molecule has 1 saturated heterocycles. The second-order valence-electron chi connectivity index (χ2n) is 6.89. The van der Waals surface area contributed by atoms with Crippen LogP contribution in [0.4, 0.5) is 4.79 Å². The predicted molar refractivity (Wildman–Crippen MR) is 109 cm³/mol. The Labute approximate surface area is 173 Å². The first-order chi connectivity index (χ1) is 14.2. The number of hydrogen-bond donors (Lipinski definition) is 2. The molecule has 0 atom stereocenters. The van der Waals surface area contributed by atoms with E-state index in [0.717, 1.165) is 24.5 Å². The zero-order chi connectivity index (χ0) is 20.1. The summed E-state index contributed by atoms with van der Waals surface area (Å²) in [6.07, 6.45) is 0. The lowest BCUT2D eigenvalue weighted by molar-refractivity contribution is 0.0941. The average molecular weight is 417 g/mol. The van der Waals surface area contributed by atoms with Crippen molar-refractivity contribution in [2.45, 2.75) is 6.54 Å². The van der Waals surface area contributed by atoms with Gasteiger partial charge in [0, 0.05) is 49.7 Å². The molecule has 29 heavy (non-hydrogen) atoms. The van der Waals surface area contributed by atoms with Crippen molar-refractivity contribution >= 4 is 23.3 Å². The van der Waals surface area contributed by atoms with Crippen LogP contribution >= 0.6 is 11.3 Å². The number of thiophene rings is 1. The summed E-state index contributed by atoms with van der Waals surface area (Å²) in [5.41, 5.74) is 0.557. The smallest absolute Gasteiger partial charge is 0.317 e. The molecule has 0 bridgehead atoms. The minimum absolute atomic E-state index is 0.0193. The van der Waals surface area contributed by atoms with Crippen molar-refractivity contribution in [3.63, 3.8) is 0 Å². The Morgan fingerprint density at radius 3 is 2.66 bits per heavy atom. The van der Waals surface area contributed by atoms with E-state index in [0.29, 0.717) is 43.2 Å². The summed E-state index contributed by atoms with van der Waals surface area (Å²) in [7, 11) is 0. The maximum Gasteiger partial charge on any atom is 0.317 e. The minimum atomic E-state index is -0.130. The molecule has 2 aliphatic rings. The van der Waals surface area contributed by atoms with Crippen molar-refractivity contribution in [3.05, 3.63) is 46.2 Å². The molecule has 1 fully saturated rings. The number of ether oxygens (including phenoxy) is 2. The van der Waals surface area contributed by atoms with Crippen LogP contribution in [0.3, 0.4) is 0 Å². The van der Waals surface area contributed by atoms with Crippen molar-refractivity contribution in [2.75, 3.05) is 46.1 Å². The van der Waals surface area contributed by atoms with Crippen LogP contribution in [0, 0.1) is 0 Å². The molecule has 3 heterocycles. The van der Waals surface area contributed by atoms with Crippen molar-refractivity contribution in [1.82, 2.24) is 20.4 Å². The third kappa shape index (κ3) is 4.99. The number of carbonyl (C=O) groups excluding carboxylic acids is 2. The van der Waals surface area contributed by atoms with Gasteiger partial charge in [0.15, 0.2) is 11.5 Å². The Bertz CT molecular complexity index is 850. The van der Waals surface area contributed by atoms with E-state index in [-0.39, 0.29) is 18.7 Å². The van der Waals surface area contributed by atoms with E-state index in [1.165, 1.54) is 0 Å². The first kappa shape index (κ1) is 19.5. The topological polar surface area (TPSA) is 83.1 Å². The number of amides is 3. The number of fused-ring (bicyclic) bond motifs is 1. The highest BCUT2D eigenvalue weighted by Crippen LogP contribution is 2.32. The van der Waals surface area contributed by atoms with Gasteiger partial charge in [0.05, 0.1) is 6.54 Å². The molecule has 1 aromatic carbocycles. The van der Waals surface area contributed by atoms with Crippen LogP contribution in [0.2, 0.25) is 0 Å². The quantitative estimate of drug-likeness (QED) is 0.750. The summed E-state index contributed by atoms with van der Waals surface area (Å²) in [6.45, 7) is 5.04. The zero-order valence-corrected chi connectivity index (χ0v) is 16.9. The highest BCUT2D eigenvalue weighted by molar-refractivity contribution is 7.09. The van der Waals surface area contributed by atoms with Crippen LogP contribution in [-0.4, -0.2) is 67.8 Å². The molecule has 0 aliphatic carbocycles. The number of benzene rings is 1. The Morgan fingerprint density at radius 2 is 1.86 bits per heavy atom. The Kier molecular flexibility index (Phi) is 6.16. The molecule has 2 N–H and O–H groups in total. The van der Waals surface area contributed by atoms with Gasteiger partial charge in [-0.15, -0.1) is 11.3 Å². The molecule has 0 unspecified atom stereocenters. The molecule has 4 rings (SSSR count). The molecular weight excluding hydrogens is 392 g/mol. The molecule has 2 aromatic rings. The summed E-state index contributed by atoms with van der Waals surface area (Å²) < 4.78 is 10.6. The van der Waals surface area contributed by atoms with E-state index in [2.05, 4.69) is 15.5 Å². The largest absolute Gasteiger partial charge is 0.454 e. The fourth-order valence-electron chi connectivity index (χ4n) is 3.33. The van der Waals surface area contributed by atoms with Crippen LogP contribution < -0.4 is 20.1 Å². The highest BCUT2D eigenvalue weighted by atomic mass is 32.1. The lowest BCUT2D eigenvalue weighted by atomic mass is 10.2. The molecule has 2 aliphatic heterocycles. The van der Waals surface area contributed by atoms with Gasteiger partial charge < -0.3 is 25.0 Å². The van der Waals surface area contributed by atoms with Gasteiger partial charge in [-0.2, -0.15) is 0 Å². The van der Waals surface area contributed by atoms with Crippen LogP contribution in [-0.2, 0) is 6.54 Å². The molecule has 154 valence electrons. The summed E-state index contributed by atoms with van der Waals surface area (Å²) >= 11 is 1.64. The summed E-state index contributed by atoms with van der Waals surface area (Å²) in [5, 5.41) is 7.91. The van der Waals surface area contributed by atoms with Gasteiger partial charge in [-0.25, -0.2) is 4.79 Å². The number of hydrogen-bond acceptors (Lipinski definition) is 6. The number of carbonyl (C=O) groups is 2. The fourth-order valence-corrected chi connectivity index (χ4v) is 3.97. The second kappa shape index (κ2) is 9.15. The second-order valence-corrected chi connectivity index (χ2v) is 7.92. The lowest BCUT2D eigenvalue weighted by Gasteiger charge is -2.34. The predicted octanol–water partition coefficient (Wildman–Crippen LogP) is 1.73. The Hall–Kier alpha value is -2.78. The van der Waals surface area contributed by atoms with E-state index in [4.69, 9.17) is 9.47 Å². The molecular formula is C20H24N4O4S. The van der Waals surface area contributed by atoms with Crippen LogP contribution in [0.25, 0.3) is 0 Å². The number of nitrogens with zero attached hydrogens (tertiary/aromatic N) is 2. The number of urea groups is 1.